The van der Waals surface area contributed by atoms with E-state index in [-0.39, 0.29) is 6.61 Å². The topological polar surface area (TPSA) is 81.5 Å². The Morgan fingerprint density at radius 3 is 2.29 bits per heavy atom. The van der Waals surface area contributed by atoms with Gasteiger partial charge in [0, 0.05) is 4.21 Å². The SMILES string of the molecule is CCCCCCCCO[S+]([O])(=O)ON. The van der Waals surface area contributed by atoms with Crippen LogP contribution in [0.3, 0.4) is 0 Å². The summed E-state index contributed by atoms with van der Waals surface area (Å²) in [7, 11) is -3.94. The summed E-state index contributed by atoms with van der Waals surface area (Å²) in [6.45, 7) is 2.29. The lowest BCUT2D eigenvalue weighted by molar-refractivity contribution is 0.152. The smallest absolute Gasteiger partial charge is 0.158 e. The van der Waals surface area contributed by atoms with Crippen LogP contribution in [-0.2, 0) is 28.0 Å². The molecule has 0 spiro atoms. The Morgan fingerprint density at radius 1 is 1.14 bits per heavy atom. The summed E-state index contributed by atoms with van der Waals surface area (Å²) in [5.41, 5.74) is 0. The molecule has 85 valence electrons. The average Bonchev–Trinajstić information content (AvgIpc) is 2.16. The van der Waals surface area contributed by atoms with Crippen LogP contribution in [0.5, 0.6) is 0 Å². The number of hydrogen-bond acceptors (Lipinski definition) is 4. The predicted molar refractivity (Wildman–Crippen MR) is 53.3 cm³/mol. The fourth-order valence-electron chi connectivity index (χ4n) is 1.07. The third-order valence-corrected chi connectivity index (χ3v) is 2.53. The number of unbranched alkanes of at least 4 members (excludes halogenated alkanes) is 5. The van der Waals surface area contributed by atoms with Gasteiger partial charge in [-0.05, 0) is 10.7 Å². The lowest BCUT2D eigenvalue weighted by atomic mass is 10.1. The van der Waals surface area contributed by atoms with Crippen LogP contribution < -0.4 is 5.90 Å². The molecule has 0 aliphatic heterocycles. The van der Waals surface area contributed by atoms with Crippen LogP contribution >= 0.6 is 0 Å². The highest BCUT2D eigenvalue weighted by Crippen LogP contribution is 2.07. The van der Waals surface area contributed by atoms with Crippen LogP contribution in [0.15, 0.2) is 0 Å². The second kappa shape index (κ2) is 8.31. The van der Waals surface area contributed by atoms with Crippen LogP contribution in [0, 0.1) is 0 Å². The van der Waals surface area contributed by atoms with E-state index in [1.54, 1.807) is 0 Å². The maximum Gasteiger partial charge on any atom is 0.564 e. The van der Waals surface area contributed by atoms with Crippen molar-refractivity contribution in [2.75, 3.05) is 6.61 Å². The predicted octanol–water partition coefficient (Wildman–Crippen LogP) is 1.93. The molecule has 2 N–H and O–H groups in total. The normalized spacial score (nSPS) is 15.4. The van der Waals surface area contributed by atoms with Crippen LogP contribution in [0.2, 0.25) is 0 Å². The third-order valence-electron chi connectivity index (χ3n) is 1.84. The summed E-state index contributed by atoms with van der Waals surface area (Å²) >= 11 is 0. The van der Waals surface area contributed by atoms with Gasteiger partial charge in [0.05, 0.1) is 0 Å². The van der Waals surface area contributed by atoms with Crippen LogP contribution in [0.1, 0.15) is 45.4 Å². The van der Waals surface area contributed by atoms with Gasteiger partial charge in [-0.25, -0.2) is 0 Å². The number of nitrogens with two attached hydrogens (primary N) is 1. The van der Waals surface area contributed by atoms with E-state index in [0.717, 1.165) is 12.8 Å². The Morgan fingerprint density at radius 2 is 1.71 bits per heavy atom. The molecule has 6 heteroatoms. The largest absolute Gasteiger partial charge is 0.564 e. The highest BCUT2D eigenvalue weighted by atomic mass is 32.3. The van der Waals surface area contributed by atoms with Crippen LogP contribution in [0.4, 0.5) is 0 Å². The quantitative estimate of drug-likeness (QED) is 0.369. The van der Waals surface area contributed by atoms with Crippen molar-refractivity contribution >= 4 is 10.8 Å². The zero-order valence-corrected chi connectivity index (χ0v) is 9.38. The summed E-state index contributed by atoms with van der Waals surface area (Å²) in [5, 5.41) is 0. The monoisotopic (exact) mass is 225 g/mol. The van der Waals surface area contributed by atoms with E-state index < -0.39 is 10.8 Å². The number of rotatable bonds is 9. The molecule has 1 unspecified atom stereocenters. The Balaban J connectivity index is 3.17. The first-order chi connectivity index (χ1) is 6.62. The van der Waals surface area contributed by atoms with E-state index >= 15 is 0 Å². The summed E-state index contributed by atoms with van der Waals surface area (Å²) < 4.78 is 29.2. The van der Waals surface area contributed by atoms with Crippen molar-refractivity contribution in [2.24, 2.45) is 5.90 Å². The minimum atomic E-state index is -3.94. The molecule has 0 fully saturated rings. The molecule has 0 aromatic carbocycles. The zero-order valence-electron chi connectivity index (χ0n) is 8.57. The molecule has 1 radical (unpaired) electrons. The standard InChI is InChI=1S/C8H19NO4S/c1-2-3-4-5-6-7-8-12-14(10,11)13-9/h2-9H2,1H3/q+1. The van der Waals surface area contributed by atoms with Crippen LogP contribution in [0.25, 0.3) is 0 Å². The van der Waals surface area contributed by atoms with Gasteiger partial charge in [-0.15, -0.1) is 4.18 Å². The van der Waals surface area contributed by atoms with Gasteiger partial charge in [-0.3, -0.25) is 0 Å². The minimum absolute atomic E-state index is 0.145. The van der Waals surface area contributed by atoms with E-state index in [1.807, 2.05) is 0 Å². The van der Waals surface area contributed by atoms with Crippen molar-refractivity contribution in [3.8, 4) is 0 Å². The molecular weight excluding hydrogens is 206 g/mol. The molecule has 5 nitrogen and oxygen atoms in total. The Bertz CT molecular complexity index is 177. The van der Waals surface area contributed by atoms with Gasteiger partial charge in [-0.1, -0.05) is 39.0 Å². The summed E-state index contributed by atoms with van der Waals surface area (Å²) in [6, 6.07) is 0. The molecule has 0 aliphatic rings. The molecule has 14 heavy (non-hydrogen) atoms. The van der Waals surface area contributed by atoms with E-state index in [1.165, 1.54) is 19.3 Å². The van der Waals surface area contributed by atoms with Crippen LogP contribution in [-0.4, -0.2) is 6.61 Å². The first-order valence-corrected chi connectivity index (χ1v) is 6.23. The van der Waals surface area contributed by atoms with Gasteiger partial charge >= 0.3 is 10.8 Å². The zero-order chi connectivity index (χ0) is 10.9. The van der Waals surface area contributed by atoms with Gasteiger partial charge in [0.15, 0.2) is 0 Å². The van der Waals surface area contributed by atoms with Crippen molar-refractivity contribution in [1.82, 2.24) is 0 Å². The lowest BCUT2D eigenvalue weighted by Gasteiger charge is -1.98. The maximum atomic E-state index is 10.6. The second-order valence-corrected chi connectivity index (χ2v) is 4.34. The molecule has 0 saturated heterocycles. The molecule has 0 amide bonds. The van der Waals surface area contributed by atoms with Crippen molar-refractivity contribution in [1.29, 1.82) is 0 Å². The fourth-order valence-corrected chi connectivity index (χ4v) is 1.45. The Labute approximate surface area is 86.6 Å². The van der Waals surface area contributed by atoms with Crippen molar-refractivity contribution in [2.45, 2.75) is 45.4 Å². The molecule has 1 atom stereocenters. The molecule has 0 saturated carbocycles. The van der Waals surface area contributed by atoms with E-state index in [0.29, 0.717) is 6.42 Å². The minimum Gasteiger partial charge on any atom is -0.158 e. The summed E-state index contributed by atoms with van der Waals surface area (Å²) in [6.07, 6.45) is 6.42. The van der Waals surface area contributed by atoms with Crippen molar-refractivity contribution in [3.63, 3.8) is 0 Å². The lowest BCUT2D eigenvalue weighted by Crippen LogP contribution is -2.20. The van der Waals surface area contributed by atoms with Crippen molar-refractivity contribution in [3.05, 3.63) is 0 Å². The molecule has 0 rings (SSSR count). The molecule has 0 aromatic heterocycles. The third kappa shape index (κ3) is 8.58. The molecule has 0 aliphatic carbocycles. The van der Waals surface area contributed by atoms with E-state index in [2.05, 4.69) is 21.3 Å². The highest BCUT2D eigenvalue weighted by molar-refractivity contribution is 7.88. The van der Waals surface area contributed by atoms with Gasteiger partial charge < -0.3 is 0 Å². The Hall–Kier alpha value is -0.0100. The van der Waals surface area contributed by atoms with E-state index in [9.17, 15) is 8.76 Å². The molecule has 0 heterocycles. The molecular formula is C8H19NO4S+. The van der Waals surface area contributed by atoms with Gasteiger partial charge in [0.2, 0.25) is 0 Å². The molecule has 0 aromatic rings. The first kappa shape index (κ1) is 14.0. The maximum absolute atomic E-state index is 10.6. The van der Waals surface area contributed by atoms with Gasteiger partial charge in [-0.2, -0.15) is 5.90 Å². The summed E-state index contributed by atoms with van der Waals surface area (Å²) in [5.74, 6) is 4.47. The second-order valence-electron chi connectivity index (χ2n) is 3.09. The number of hydrogen-bond donors (Lipinski definition) is 1. The van der Waals surface area contributed by atoms with E-state index in [4.69, 9.17) is 0 Å². The highest BCUT2D eigenvalue weighted by Gasteiger charge is 2.31. The van der Waals surface area contributed by atoms with Gasteiger partial charge in [0.1, 0.15) is 11.2 Å². The summed E-state index contributed by atoms with van der Waals surface area (Å²) in [4.78, 5) is 0. The fraction of sp³-hybridized carbons (Fsp3) is 1.00. The molecule has 0 bridgehead atoms. The average molecular weight is 225 g/mol. The Kier molecular flexibility index (Phi) is 8.30. The first-order valence-electron chi connectivity index (χ1n) is 4.90. The van der Waals surface area contributed by atoms with Crippen molar-refractivity contribution < 1.29 is 17.2 Å². The van der Waals surface area contributed by atoms with Gasteiger partial charge in [0.25, 0.3) is 0 Å².